The van der Waals surface area contributed by atoms with Gasteiger partial charge in [0, 0.05) is 5.56 Å². The third kappa shape index (κ3) is 1.90. The number of halogens is 5. The average Bonchev–Trinajstić information content (AvgIpc) is 2.17. The topological polar surface area (TPSA) is 35.5 Å². The van der Waals surface area contributed by atoms with Gasteiger partial charge < -0.3 is 9.47 Å². The van der Waals surface area contributed by atoms with Gasteiger partial charge in [-0.1, -0.05) is 0 Å². The summed E-state index contributed by atoms with van der Waals surface area (Å²) in [6.45, 7) is 0. The van der Waals surface area contributed by atoms with Crippen molar-refractivity contribution in [2.45, 2.75) is 12.2 Å². The Morgan fingerprint density at radius 1 is 1.06 bits per heavy atom. The van der Waals surface area contributed by atoms with Crippen LogP contribution in [0.2, 0.25) is 0 Å². The predicted octanol–water partition coefficient (Wildman–Crippen LogP) is 3.02. The zero-order valence-electron chi connectivity index (χ0n) is 7.85. The van der Waals surface area contributed by atoms with Crippen LogP contribution in [0.25, 0.3) is 0 Å². The van der Waals surface area contributed by atoms with Crippen LogP contribution in [0.4, 0.5) is 17.6 Å². The molecule has 1 aliphatic rings. The lowest BCUT2D eigenvalue weighted by Crippen LogP contribution is -2.52. The highest BCUT2D eigenvalue weighted by Crippen LogP contribution is 2.47. The highest BCUT2D eigenvalue weighted by atomic mass is 35.5. The van der Waals surface area contributed by atoms with Crippen LogP contribution in [0.5, 0.6) is 11.5 Å². The molecule has 92 valence electrons. The third-order valence-corrected chi connectivity index (χ3v) is 2.20. The Labute approximate surface area is 96.9 Å². The summed E-state index contributed by atoms with van der Waals surface area (Å²) in [4.78, 5) is 10.8. The summed E-state index contributed by atoms with van der Waals surface area (Å²) in [5.41, 5.74) is -0.171. The Morgan fingerprint density at radius 3 is 2.12 bits per heavy atom. The molecule has 3 nitrogen and oxygen atoms in total. The van der Waals surface area contributed by atoms with Gasteiger partial charge in [-0.3, -0.25) is 4.79 Å². The standard InChI is InChI=1S/C9H3ClF4O3/c10-7(15)4-1-2-5-6(3-4)17-9(13,14)8(11,12)16-5/h1-3H. The number of hydrogen-bond acceptors (Lipinski definition) is 3. The number of hydrogen-bond donors (Lipinski definition) is 0. The number of rotatable bonds is 1. The van der Waals surface area contributed by atoms with E-state index < -0.39 is 29.0 Å². The Bertz CT molecular complexity index is 489. The molecule has 17 heavy (non-hydrogen) atoms. The highest BCUT2D eigenvalue weighted by molar-refractivity contribution is 6.67. The first kappa shape index (κ1) is 12.0. The van der Waals surface area contributed by atoms with E-state index in [0.717, 1.165) is 18.2 Å². The lowest BCUT2D eigenvalue weighted by atomic mass is 10.2. The summed E-state index contributed by atoms with van der Waals surface area (Å²) in [5, 5.41) is -0.933. The molecule has 1 aliphatic heterocycles. The summed E-state index contributed by atoms with van der Waals surface area (Å²) in [7, 11) is 0. The van der Waals surface area contributed by atoms with E-state index in [4.69, 9.17) is 11.6 Å². The molecule has 0 unspecified atom stereocenters. The monoisotopic (exact) mass is 270 g/mol. The molecule has 0 bridgehead atoms. The lowest BCUT2D eigenvalue weighted by Gasteiger charge is -2.31. The van der Waals surface area contributed by atoms with E-state index in [1.54, 1.807) is 0 Å². The van der Waals surface area contributed by atoms with Crippen LogP contribution < -0.4 is 9.47 Å². The van der Waals surface area contributed by atoms with Crippen LogP contribution in [-0.4, -0.2) is 17.5 Å². The lowest BCUT2D eigenvalue weighted by molar-refractivity contribution is -0.391. The van der Waals surface area contributed by atoms with Crippen molar-refractivity contribution in [1.82, 2.24) is 0 Å². The molecule has 0 saturated carbocycles. The first-order valence-corrected chi connectivity index (χ1v) is 4.58. The molecule has 1 aromatic carbocycles. The summed E-state index contributed by atoms with van der Waals surface area (Å²) in [5.74, 6) is -1.27. The van der Waals surface area contributed by atoms with Crippen molar-refractivity contribution in [2.24, 2.45) is 0 Å². The van der Waals surface area contributed by atoms with Gasteiger partial charge in [0.05, 0.1) is 0 Å². The molecule has 0 aromatic heterocycles. The summed E-state index contributed by atoms with van der Waals surface area (Å²) < 4.78 is 58.6. The molecule has 0 fully saturated rings. The molecular formula is C9H3ClF4O3. The van der Waals surface area contributed by atoms with E-state index >= 15 is 0 Å². The average molecular weight is 271 g/mol. The van der Waals surface area contributed by atoms with Crippen molar-refractivity contribution in [2.75, 3.05) is 0 Å². The third-order valence-electron chi connectivity index (χ3n) is 1.99. The van der Waals surface area contributed by atoms with Crippen molar-refractivity contribution < 1.29 is 31.8 Å². The minimum atomic E-state index is -4.81. The van der Waals surface area contributed by atoms with E-state index in [9.17, 15) is 22.4 Å². The van der Waals surface area contributed by atoms with Crippen molar-refractivity contribution in [3.8, 4) is 11.5 Å². The van der Waals surface area contributed by atoms with Crippen molar-refractivity contribution in [3.05, 3.63) is 23.8 Å². The fourth-order valence-electron chi connectivity index (χ4n) is 1.19. The zero-order valence-corrected chi connectivity index (χ0v) is 8.60. The fraction of sp³-hybridized carbons (Fsp3) is 0.222. The number of benzene rings is 1. The maximum absolute atomic E-state index is 12.8. The second kappa shape index (κ2) is 3.49. The zero-order chi connectivity index (χ0) is 12.8. The van der Waals surface area contributed by atoms with Crippen molar-refractivity contribution >= 4 is 16.8 Å². The number of alkyl halides is 4. The molecule has 0 atom stereocenters. The summed E-state index contributed by atoms with van der Waals surface area (Å²) in [6, 6.07) is 2.75. The minimum Gasteiger partial charge on any atom is -0.421 e. The molecular weight excluding hydrogens is 268 g/mol. The predicted molar refractivity (Wildman–Crippen MR) is 47.8 cm³/mol. The van der Waals surface area contributed by atoms with Gasteiger partial charge in [0.1, 0.15) is 0 Å². The van der Waals surface area contributed by atoms with Crippen LogP contribution in [0.1, 0.15) is 10.4 Å². The van der Waals surface area contributed by atoms with Crippen LogP contribution in [-0.2, 0) is 0 Å². The van der Waals surface area contributed by atoms with Crippen LogP contribution in [0.3, 0.4) is 0 Å². The Kier molecular flexibility index (Phi) is 2.46. The number of carbonyl (C=O) groups excluding carboxylic acids is 1. The summed E-state index contributed by atoms with van der Waals surface area (Å²) >= 11 is 5.10. The second-order valence-corrected chi connectivity index (χ2v) is 3.52. The molecule has 2 rings (SSSR count). The van der Waals surface area contributed by atoms with Gasteiger partial charge in [-0.25, -0.2) is 0 Å². The molecule has 1 heterocycles. The Morgan fingerprint density at radius 2 is 1.59 bits per heavy atom. The molecule has 0 spiro atoms. The van der Waals surface area contributed by atoms with Gasteiger partial charge in [-0.15, -0.1) is 0 Å². The highest BCUT2D eigenvalue weighted by Gasteiger charge is 2.65. The minimum absolute atomic E-state index is 0.171. The molecule has 0 saturated heterocycles. The van der Waals surface area contributed by atoms with E-state index in [-0.39, 0.29) is 5.56 Å². The molecule has 8 heteroatoms. The van der Waals surface area contributed by atoms with Gasteiger partial charge in [-0.05, 0) is 29.8 Å². The van der Waals surface area contributed by atoms with E-state index in [1.807, 2.05) is 0 Å². The number of fused-ring (bicyclic) bond motifs is 1. The maximum Gasteiger partial charge on any atom is 0.507 e. The molecule has 0 aliphatic carbocycles. The van der Waals surface area contributed by atoms with Gasteiger partial charge in [-0.2, -0.15) is 17.6 Å². The molecule has 0 amide bonds. The Balaban J connectivity index is 2.47. The van der Waals surface area contributed by atoms with Crippen LogP contribution in [0.15, 0.2) is 18.2 Å². The van der Waals surface area contributed by atoms with Crippen molar-refractivity contribution in [1.29, 1.82) is 0 Å². The van der Waals surface area contributed by atoms with Gasteiger partial charge >= 0.3 is 12.2 Å². The summed E-state index contributed by atoms with van der Waals surface area (Å²) in [6.07, 6.45) is -9.58. The van der Waals surface area contributed by atoms with Gasteiger partial charge in [0.2, 0.25) is 0 Å². The van der Waals surface area contributed by atoms with Crippen LogP contribution in [0, 0.1) is 0 Å². The SMILES string of the molecule is O=C(Cl)c1ccc2c(c1)OC(F)(F)C(F)(F)O2. The fourth-order valence-corrected chi connectivity index (χ4v) is 1.31. The second-order valence-electron chi connectivity index (χ2n) is 3.17. The van der Waals surface area contributed by atoms with E-state index in [0.29, 0.717) is 0 Å². The molecule has 1 aromatic rings. The first-order valence-electron chi connectivity index (χ1n) is 4.20. The largest absolute Gasteiger partial charge is 0.507 e. The van der Waals surface area contributed by atoms with Crippen molar-refractivity contribution in [3.63, 3.8) is 0 Å². The van der Waals surface area contributed by atoms with Gasteiger partial charge in [0.25, 0.3) is 5.24 Å². The molecule has 0 radical (unpaired) electrons. The number of carbonyl (C=O) groups is 1. The van der Waals surface area contributed by atoms with Gasteiger partial charge in [0.15, 0.2) is 11.5 Å². The Hall–Kier alpha value is -1.50. The number of ether oxygens (including phenoxy) is 2. The first-order chi connectivity index (χ1) is 7.73. The quantitative estimate of drug-likeness (QED) is 0.581. The maximum atomic E-state index is 12.8. The normalized spacial score (nSPS) is 19.8. The van der Waals surface area contributed by atoms with E-state index in [2.05, 4.69) is 9.47 Å². The van der Waals surface area contributed by atoms with Crippen LogP contribution >= 0.6 is 11.6 Å². The smallest absolute Gasteiger partial charge is 0.421 e. The molecule has 0 N–H and O–H groups in total. The van der Waals surface area contributed by atoms with E-state index in [1.165, 1.54) is 0 Å².